The van der Waals surface area contributed by atoms with E-state index in [-0.39, 0.29) is 28.9 Å². The van der Waals surface area contributed by atoms with E-state index in [9.17, 15) is 14.8 Å². The topological polar surface area (TPSA) is 119 Å². The van der Waals surface area contributed by atoms with Crippen molar-refractivity contribution in [2.45, 2.75) is 45.6 Å². The standard InChI is InChI=1S/C24H29N7O3/c1-15-19-13-26-24(27-20-8-7-18(14-30(20)34)29-11-9-25-10-12-29)28-22(19)31(17-5-3-4-6-17)23(33)21(15)16(2)32/h7-8,13-14,17,25H,3-6,9-12H2,1-2H3,(H,26,27,28). The van der Waals surface area contributed by atoms with E-state index in [0.29, 0.717) is 22.4 Å². The first kappa shape index (κ1) is 22.3. The molecular formula is C24H29N7O3. The average Bonchev–Trinajstić information content (AvgIpc) is 3.35. The van der Waals surface area contributed by atoms with E-state index >= 15 is 0 Å². The highest BCUT2D eigenvalue weighted by molar-refractivity contribution is 5.99. The van der Waals surface area contributed by atoms with Gasteiger partial charge in [0, 0.05) is 49.9 Å². The first-order valence-corrected chi connectivity index (χ1v) is 11.8. The molecule has 34 heavy (non-hydrogen) atoms. The summed E-state index contributed by atoms with van der Waals surface area (Å²) in [7, 11) is 0. The Morgan fingerprint density at radius 1 is 1.24 bits per heavy atom. The van der Waals surface area contributed by atoms with E-state index in [1.807, 2.05) is 6.07 Å². The highest BCUT2D eigenvalue weighted by atomic mass is 16.5. The fourth-order valence-corrected chi connectivity index (χ4v) is 5.10. The second-order valence-electron chi connectivity index (χ2n) is 9.06. The summed E-state index contributed by atoms with van der Waals surface area (Å²) in [5.41, 5.74) is 1.85. The zero-order chi connectivity index (χ0) is 23.8. The molecule has 178 valence electrons. The van der Waals surface area contributed by atoms with Crippen LogP contribution in [0, 0.1) is 12.1 Å². The summed E-state index contributed by atoms with van der Waals surface area (Å²) in [5.74, 6) is 0.272. The average molecular weight is 464 g/mol. The number of Topliss-reactive ketones (excluding diaryl/α,β-unsaturated/α-hetero) is 1. The van der Waals surface area contributed by atoms with Crippen molar-refractivity contribution >= 4 is 34.3 Å². The van der Waals surface area contributed by atoms with Gasteiger partial charge in [0.15, 0.2) is 11.4 Å². The van der Waals surface area contributed by atoms with Crippen LogP contribution in [0.1, 0.15) is 54.6 Å². The number of aromatic nitrogens is 4. The summed E-state index contributed by atoms with van der Waals surface area (Å²) in [6, 6.07) is 3.62. The molecule has 10 nitrogen and oxygen atoms in total. The van der Waals surface area contributed by atoms with Gasteiger partial charge in [-0.1, -0.05) is 12.8 Å². The maximum absolute atomic E-state index is 13.3. The quantitative estimate of drug-likeness (QED) is 0.336. The SMILES string of the molecule is CC(=O)c1c(C)c2cnc(Nc3ccc(N4CCNCC4)c[n+]3[O-])nc2n(C2CCCC2)c1=O. The zero-order valence-electron chi connectivity index (χ0n) is 19.5. The number of rotatable bonds is 5. The molecule has 2 fully saturated rings. The van der Waals surface area contributed by atoms with Crippen LogP contribution in [-0.4, -0.2) is 46.5 Å². The molecule has 1 aliphatic carbocycles. The van der Waals surface area contributed by atoms with Crippen molar-refractivity contribution in [1.29, 1.82) is 0 Å². The van der Waals surface area contributed by atoms with Gasteiger partial charge < -0.3 is 15.4 Å². The molecule has 5 rings (SSSR count). The van der Waals surface area contributed by atoms with Gasteiger partial charge in [0.1, 0.15) is 6.20 Å². The third-order valence-corrected chi connectivity index (χ3v) is 6.87. The lowest BCUT2D eigenvalue weighted by Gasteiger charge is -2.29. The summed E-state index contributed by atoms with van der Waals surface area (Å²) >= 11 is 0. The van der Waals surface area contributed by atoms with E-state index in [4.69, 9.17) is 0 Å². The Labute approximate surface area is 197 Å². The molecule has 0 atom stereocenters. The van der Waals surface area contributed by atoms with Crippen LogP contribution >= 0.6 is 0 Å². The van der Waals surface area contributed by atoms with Crippen molar-refractivity contribution in [1.82, 2.24) is 19.9 Å². The Balaban J connectivity index is 1.54. The Morgan fingerprint density at radius 2 is 1.97 bits per heavy atom. The zero-order valence-corrected chi connectivity index (χ0v) is 19.5. The minimum Gasteiger partial charge on any atom is -0.711 e. The molecule has 0 amide bonds. The molecule has 3 aromatic heterocycles. The summed E-state index contributed by atoms with van der Waals surface area (Å²) in [4.78, 5) is 36.8. The Kier molecular flexibility index (Phi) is 5.91. The van der Waals surface area contributed by atoms with E-state index in [1.165, 1.54) is 6.92 Å². The number of pyridine rings is 2. The van der Waals surface area contributed by atoms with Crippen LogP contribution in [0.15, 0.2) is 29.3 Å². The van der Waals surface area contributed by atoms with Crippen LogP contribution in [0.25, 0.3) is 11.0 Å². The van der Waals surface area contributed by atoms with E-state index in [1.54, 1.807) is 30.0 Å². The predicted octanol–water partition coefficient (Wildman–Crippen LogP) is 2.20. The van der Waals surface area contributed by atoms with Crippen LogP contribution in [-0.2, 0) is 0 Å². The first-order valence-electron chi connectivity index (χ1n) is 11.8. The number of nitrogens with zero attached hydrogens (tertiary/aromatic N) is 5. The number of hydrogen-bond donors (Lipinski definition) is 2. The third kappa shape index (κ3) is 3.98. The lowest BCUT2D eigenvalue weighted by Crippen LogP contribution is -2.44. The molecule has 2 aliphatic rings. The van der Waals surface area contributed by atoms with Crippen LogP contribution in [0.2, 0.25) is 0 Å². The van der Waals surface area contributed by atoms with E-state index < -0.39 is 0 Å². The number of carbonyl (C=O) groups excluding carboxylic acids is 1. The molecule has 0 radical (unpaired) electrons. The van der Waals surface area contributed by atoms with Gasteiger partial charge >= 0.3 is 5.95 Å². The Bertz CT molecular complexity index is 1310. The van der Waals surface area contributed by atoms with Crippen LogP contribution in [0.4, 0.5) is 17.5 Å². The number of anilines is 3. The van der Waals surface area contributed by atoms with Crippen molar-refractivity contribution in [2.24, 2.45) is 0 Å². The Morgan fingerprint density at radius 3 is 2.65 bits per heavy atom. The van der Waals surface area contributed by atoms with Gasteiger partial charge in [-0.3, -0.25) is 14.2 Å². The fourth-order valence-electron chi connectivity index (χ4n) is 5.10. The number of aryl methyl sites for hydroxylation is 1. The fraction of sp³-hybridized carbons (Fsp3) is 0.458. The van der Waals surface area contributed by atoms with Crippen LogP contribution < -0.4 is 25.8 Å². The summed E-state index contributed by atoms with van der Waals surface area (Å²) in [6.45, 7) is 6.65. The normalized spacial score (nSPS) is 16.8. The number of piperazine rings is 1. The molecule has 1 saturated carbocycles. The molecular weight excluding hydrogens is 434 g/mol. The molecule has 2 N–H and O–H groups in total. The molecule has 0 unspecified atom stereocenters. The van der Waals surface area contributed by atoms with Gasteiger partial charge in [-0.05, 0) is 38.3 Å². The third-order valence-electron chi connectivity index (χ3n) is 6.87. The van der Waals surface area contributed by atoms with Crippen molar-refractivity contribution in [3.8, 4) is 0 Å². The number of ketones is 1. The van der Waals surface area contributed by atoms with E-state index in [2.05, 4.69) is 25.5 Å². The second-order valence-corrected chi connectivity index (χ2v) is 9.06. The molecule has 4 heterocycles. The monoisotopic (exact) mass is 463 g/mol. The van der Waals surface area contributed by atoms with Gasteiger partial charge in [0.2, 0.25) is 0 Å². The first-order chi connectivity index (χ1) is 16.4. The van der Waals surface area contributed by atoms with Gasteiger partial charge in [-0.25, -0.2) is 10.0 Å². The molecule has 0 aromatic carbocycles. The minimum absolute atomic E-state index is 0.000731. The summed E-state index contributed by atoms with van der Waals surface area (Å²) < 4.78 is 2.44. The van der Waals surface area contributed by atoms with Gasteiger partial charge in [0.25, 0.3) is 11.4 Å². The molecule has 1 aliphatic heterocycles. The van der Waals surface area contributed by atoms with Crippen molar-refractivity contribution in [3.05, 3.63) is 51.2 Å². The maximum Gasteiger partial charge on any atom is 0.320 e. The summed E-state index contributed by atoms with van der Waals surface area (Å²) in [6.07, 6.45) is 6.99. The van der Waals surface area contributed by atoms with Crippen molar-refractivity contribution in [2.75, 3.05) is 36.4 Å². The number of fused-ring (bicyclic) bond motifs is 1. The largest absolute Gasteiger partial charge is 0.711 e. The van der Waals surface area contributed by atoms with Crippen molar-refractivity contribution < 1.29 is 9.52 Å². The predicted molar refractivity (Wildman–Crippen MR) is 130 cm³/mol. The van der Waals surface area contributed by atoms with Gasteiger partial charge in [-0.2, -0.15) is 9.97 Å². The number of carbonyl (C=O) groups is 1. The van der Waals surface area contributed by atoms with Crippen LogP contribution in [0.3, 0.4) is 0 Å². The molecule has 10 heteroatoms. The highest BCUT2D eigenvalue weighted by Crippen LogP contribution is 2.32. The van der Waals surface area contributed by atoms with Crippen molar-refractivity contribution in [3.63, 3.8) is 0 Å². The molecule has 1 saturated heterocycles. The number of nitrogens with one attached hydrogen (secondary N) is 2. The molecule has 3 aromatic rings. The Hall–Kier alpha value is -3.53. The highest BCUT2D eigenvalue weighted by Gasteiger charge is 2.26. The second kappa shape index (κ2) is 9.02. The van der Waals surface area contributed by atoms with Gasteiger partial charge in [0.05, 0.1) is 11.3 Å². The molecule has 0 bridgehead atoms. The van der Waals surface area contributed by atoms with E-state index in [0.717, 1.165) is 62.3 Å². The lowest BCUT2D eigenvalue weighted by molar-refractivity contribution is -0.589. The summed E-state index contributed by atoms with van der Waals surface area (Å²) in [5, 5.41) is 19.7. The minimum atomic E-state index is -0.298. The van der Waals surface area contributed by atoms with Crippen LogP contribution in [0.5, 0.6) is 0 Å². The maximum atomic E-state index is 13.3. The molecule has 0 spiro atoms. The number of hydrogen-bond acceptors (Lipinski definition) is 8. The van der Waals surface area contributed by atoms with Gasteiger partial charge in [-0.15, -0.1) is 0 Å². The lowest BCUT2D eigenvalue weighted by atomic mass is 10.0. The smallest absolute Gasteiger partial charge is 0.320 e.